The molecule has 0 radical (unpaired) electrons. The zero-order chi connectivity index (χ0) is 19.4. The number of aryl methyl sites for hydroxylation is 1. The second kappa shape index (κ2) is 7.99. The Morgan fingerprint density at radius 3 is 2.81 bits per heavy atom. The van der Waals surface area contributed by atoms with Crippen molar-refractivity contribution in [2.24, 2.45) is 5.92 Å². The summed E-state index contributed by atoms with van der Waals surface area (Å²) in [5.41, 5.74) is 3.24. The van der Waals surface area contributed by atoms with Crippen LogP contribution in [0.1, 0.15) is 41.9 Å². The molecule has 2 amide bonds. The first-order valence-electron chi connectivity index (χ1n) is 8.91. The topological polar surface area (TPSA) is 88.4 Å². The molecule has 140 valence electrons. The molecule has 2 heterocycles. The number of fused-ring (bicyclic) bond motifs is 1. The van der Waals surface area contributed by atoms with Crippen molar-refractivity contribution in [1.82, 2.24) is 19.9 Å². The summed E-state index contributed by atoms with van der Waals surface area (Å²) in [5, 5.41) is 10.1. The average molecular weight is 365 g/mol. The van der Waals surface area contributed by atoms with Gasteiger partial charge in [0.1, 0.15) is 5.56 Å². The quantitative estimate of drug-likeness (QED) is 0.703. The smallest absolute Gasteiger partial charge is 0.257 e. The number of amides is 2. The lowest BCUT2D eigenvalue weighted by Gasteiger charge is -2.09. The first-order chi connectivity index (χ1) is 12.9. The number of carbonyl (C=O) groups is 2. The van der Waals surface area contributed by atoms with Gasteiger partial charge in [-0.1, -0.05) is 26.0 Å². The van der Waals surface area contributed by atoms with E-state index in [1.807, 2.05) is 38.1 Å². The van der Waals surface area contributed by atoms with Gasteiger partial charge < -0.3 is 10.6 Å². The fourth-order valence-corrected chi connectivity index (χ4v) is 2.88. The summed E-state index contributed by atoms with van der Waals surface area (Å²) in [7, 11) is 0. The predicted molar refractivity (Wildman–Crippen MR) is 103 cm³/mol. The molecule has 0 saturated carbocycles. The van der Waals surface area contributed by atoms with E-state index in [1.165, 1.54) is 0 Å². The Bertz CT molecular complexity index is 977. The predicted octanol–water partition coefficient (Wildman–Crippen LogP) is 2.95. The highest BCUT2D eigenvalue weighted by atomic mass is 16.2. The van der Waals surface area contributed by atoms with E-state index in [2.05, 4.69) is 20.7 Å². The average Bonchev–Trinajstić information content (AvgIpc) is 2.95. The summed E-state index contributed by atoms with van der Waals surface area (Å²) >= 11 is 0. The van der Waals surface area contributed by atoms with Gasteiger partial charge in [0.2, 0.25) is 5.91 Å². The van der Waals surface area contributed by atoms with Crippen LogP contribution in [0.5, 0.6) is 0 Å². The molecule has 3 rings (SSSR count). The Hall–Kier alpha value is -3.22. The third-order valence-electron chi connectivity index (χ3n) is 4.05. The van der Waals surface area contributed by atoms with Crippen molar-refractivity contribution in [3.05, 3.63) is 59.5 Å². The van der Waals surface area contributed by atoms with Gasteiger partial charge in [0.05, 0.1) is 5.69 Å². The van der Waals surface area contributed by atoms with Gasteiger partial charge in [0.15, 0.2) is 5.65 Å². The Labute approximate surface area is 157 Å². The van der Waals surface area contributed by atoms with Crippen molar-refractivity contribution in [2.45, 2.75) is 33.7 Å². The lowest BCUT2D eigenvalue weighted by molar-refractivity contribution is -0.116. The molecule has 0 aliphatic carbocycles. The minimum atomic E-state index is -0.226. The maximum atomic E-state index is 12.6. The minimum absolute atomic E-state index is 0.0146. The van der Waals surface area contributed by atoms with E-state index < -0.39 is 0 Å². The van der Waals surface area contributed by atoms with Gasteiger partial charge in [-0.05, 0) is 36.6 Å². The summed E-state index contributed by atoms with van der Waals surface area (Å²) in [6.07, 6.45) is 3.87. The number of hydrogen-bond acceptors (Lipinski definition) is 4. The lowest BCUT2D eigenvalue weighted by atomic mass is 10.1. The summed E-state index contributed by atoms with van der Waals surface area (Å²) < 4.78 is 1.59. The number of carbonyl (C=O) groups excluding carboxylic acids is 2. The highest BCUT2D eigenvalue weighted by molar-refractivity contribution is 6.01. The van der Waals surface area contributed by atoms with Crippen molar-refractivity contribution < 1.29 is 9.59 Å². The molecule has 7 heteroatoms. The molecule has 0 aliphatic heterocycles. The number of hydrogen-bond donors (Lipinski definition) is 2. The second-order valence-electron chi connectivity index (χ2n) is 6.88. The monoisotopic (exact) mass is 365 g/mol. The number of nitrogens with zero attached hydrogens (tertiary/aromatic N) is 3. The van der Waals surface area contributed by atoms with Crippen molar-refractivity contribution >= 4 is 23.1 Å². The van der Waals surface area contributed by atoms with Crippen molar-refractivity contribution in [3.8, 4) is 0 Å². The van der Waals surface area contributed by atoms with Crippen LogP contribution in [0.15, 0.2) is 42.7 Å². The van der Waals surface area contributed by atoms with Crippen molar-refractivity contribution in [1.29, 1.82) is 0 Å². The first-order valence-corrected chi connectivity index (χ1v) is 8.91. The van der Waals surface area contributed by atoms with Crippen LogP contribution < -0.4 is 10.6 Å². The number of anilines is 1. The van der Waals surface area contributed by atoms with Crippen LogP contribution in [0.2, 0.25) is 0 Å². The van der Waals surface area contributed by atoms with Crippen LogP contribution in [0.25, 0.3) is 5.65 Å². The molecule has 0 bridgehead atoms. The molecule has 0 atom stereocenters. The molecule has 0 unspecified atom stereocenters. The zero-order valence-electron chi connectivity index (χ0n) is 15.7. The Morgan fingerprint density at radius 2 is 2.04 bits per heavy atom. The molecule has 2 aromatic heterocycles. The van der Waals surface area contributed by atoms with E-state index in [0.717, 1.165) is 11.3 Å². The SMILES string of the molecule is Cc1nn2cccnc2c1C(=O)NCc1cccc(NC(=O)CC(C)C)c1. The van der Waals surface area contributed by atoms with Gasteiger partial charge in [-0.25, -0.2) is 9.50 Å². The molecule has 3 aromatic rings. The summed E-state index contributed by atoms with van der Waals surface area (Å²) in [6, 6.07) is 9.22. The molecule has 0 spiro atoms. The summed E-state index contributed by atoms with van der Waals surface area (Å²) in [6.45, 7) is 6.14. The number of nitrogens with one attached hydrogen (secondary N) is 2. The third-order valence-corrected chi connectivity index (χ3v) is 4.05. The van der Waals surface area contributed by atoms with Crippen molar-refractivity contribution in [3.63, 3.8) is 0 Å². The molecular formula is C20H23N5O2. The molecule has 0 fully saturated rings. The molecule has 0 aliphatic rings. The van der Waals surface area contributed by atoms with E-state index in [4.69, 9.17) is 0 Å². The van der Waals surface area contributed by atoms with E-state index in [-0.39, 0.29) is 11.8 Å². The van der Waals surface area contributed by atoms with Crippen LogP contribution in [-0.4, -0.2) is 26.4 Å². The van der Waals surface area contributed by atoms with Crippen LogP contribution in [0.3, 0.4) is 0 Å². The van der Waals surface area contributed by atoms with Gasteiger partial charge in [0, 0.05) is 31.0 Å². The largest absolute Gasteiger partial charge is 0.348 e. The lowest BCUT2D eigenvalue weighted by Crippen LogP contribution is -2.23. The summed E-state index contributed by atoms with van der Waals surface area (Å²) in [5.74, 6) is 0.0600. The van der Waals surface area contributed by atoms with E-state index in [1.54, 1.807) is 29.9 Å². The van der Waals surface area contributed by atoms with Gasteiger partial charge in [0.25, 0.3) is 5.91 Å². The van der Waals surface area contributed by atoms with E-state index in [9.17, 15) is 9.59 Å². The Morgan fingerprint density at radius 1 is 1.22 bits per heavy atom. The molecule has 0 saturated heterocycles. The highest BCUT2D eigenvalue weighted by Gasteiger charge is 2.17. The van der Waals surface area contributed by atoms with Gasteiger partial charge >= 0.3 is 0 Å². The van der Waals surface area contributed by atoms with Crippen LogP contribution >= 0.6 is 0 Å². The van der Waals surface area contributed by atoms with E-state index in [0.29, 0.717) is 35.8 Å². The minimum Gasteiger partial charge on any atom is -0.348 e. The van der Waals surface area contributed by atoms with Crippen molar-refractivity contribution in [2.75, 3.05) is 5.32 Å². The second-order valence-corrected chi connectivity index (χ2v) is 6.88. The number of benzene rings is 1. The number of aromatic nitrogens is 3. The first kappa shape index (κ1) is 18.6. The summed E-state index contributed by atoms with van der Waals surface area (Å²) in [4.78, 5) is 28.8. The molecule has 7 nitrogen and oxygen atoms in total. The molecular weight excluding hydrogens is 342 g/mol. The molecule has 2 N–H and O–H groups in total. The fraction of sp³-hybridized carbons (Fsp3) is 0.300. The van der Waals surface area contributed by atoms with Crippen LogP contribution in [-0.2, 0) is 11.3 Å². The fourth-order valence-electron chi connectivity index (χ4n) is 2.88. The maximum Gasteiger partial charge on any atom is 0.257 e. The third kappa shape index (κ3) is 4.49. The van der Waals surface area contributed by atoms with E-state index >= 15 is 0 Å². The van der Waals surface area contributed by atoms with Gasteiger partial charge in [-0.15, -0.1) is 0 Å². The van der Waals surface area contributed by atoms with Gasteiger partial charge in [-0.2, -0.15) is 5.10 Å². The highest BCUT2D eigenvalue weighted by Crippen LogP contribution is 2.15. The zero-order valence-corrected chi connectivity index (χ0v) is 15.7. The Kier molecular flexibility index (Phi) is 5.49. The normalized spacial score (nSPS) is 11.0. The van der Waals surface area contributed by atoms with Crippen LogP contribution in [0.4, 0.5) is 5.69 Å². The maximum absolute atomic E-state index is 12.6. The number of rotatable bonds is 6. The van der Waals surface area contributed by atoms with Crippen LogP contribution in [0, 0.1) is 12.8 Å². The Balaban J connectivity index is 1.68. The molecule has 27 heavy (non-hydrogen) atoms. The molecule has 1 aromatic carbocycles. The van der Waals surface area contributed by atoms with Gasteiger partial charge in [-0.3, -0.25) is 9.59 Å². The standard InChI is InChI=1S/C20H23N5O2/c1-13(2)10-17(26)23-16-7-4-6-15(11-16)12-22-20(27)18-14(3)24-25-9-5-8-21-19(18)25/h4-9,11,13H,10,12H2,1-3H3,(H,22,27)(H,23,26).